The Morgan fingerprint density at radius 3 is 2.71 bits per heavy atom. The van der Waals surface area contributed by atoms with Crippen LogP contribution in [0.3, 0.4) is 0 Å². The van der Waals surface area contributed by atoms with Crippen molar-refractivity contribution in [3.05, 3.63) is 29.5 Å². The average Bonchev–Trinajstić information content (AvgIpc) is 3.17. The van der Waals surface area contributed by atoms with Crippen molar-refractivity contribution in [2.75, 3.05) is 55.6 Å². The van der Waals surface area contributed by atoms with Crippen molar-refractivity contribution in [3.63, 3.8) is 0 Å². The number of piperazine rings is 1. The molecule has 182 valence electrons. The number of sulfonamides is 1. The zero-order chi connectivity index (χ0) is 24.3. The number of nitrogens with one attached hydrogen (secondary N) is 2. The molecule has 0 unspecified atom stereocenters. The van der Waals surface area contributed by atoms with Crippen LogP contribution >= 0.6 is 22.9 Å². The monoisotopic (exact) mass is 523 g/mol. The Labute approximate surface area is 207 Å². The highest BCUT2D eigenvalue weighted by molar-refractivity contribution is 7.92. The zero-order valence-corrected chi connectivity index (χ0v) is 21.3. The molecule has 1 amide bonds. The van der Waals surface area contributed by atoms with Crippen molar-refractivity contribution in [2.24, 2.45) is 0 Å². The predicted molar refractivity (Wildman–Crippen MR) is 136 cm³/mol. The molecule has 4 rings (SSSR count). The molecule has 3 aromatic rings. The minimum absolute atomic E-state index is 0.00308. The number of pyridine rings is 2. The van der Waals surface area contributed by atoms with Gasteiger partial charge in [0.05, 0.1) is 17.1 Å². The smallest absolute Gasteiger partial charge is 0.232 e. The summed E-state index contributed by atoms with van der Waals surface area (Å²) in [6.45, 7) is 6.04. The SMILES string of the molecule is CC(=O)Nc1nc2ccc(-c3cnc(Cl)c(NS(=O)(=O)CCCN4CCN(C)CC4)c3)nc2s1. The van der Waals surface area contributed by atoms with Crippen molar-refractivity contribution < 1.29 is 13.2 Å². The first kappa shape index (κ1) is 24.7. The van der Waals surface area contributed by atoms with Gasteiger partial charge in [0.2, 0.25) is 15.9 Å². The summed E-state index contributed by atoms with van der Waals surface area (Å²) in [6, 6.07) is 5.17. The van der Waals surface area contributed by atoms with Crippen molar-refractivity contribution in [1.29, 1.82) is 0 Å². The Balaban J connectivity index is 1.44. The molecule has 2 N–H and O–H groups in total. The largest absolute Gasteiger partial charge is 0.304 e. The van der Waals surface area contributed by atoms with Crippen LogP contribution in [0.4, 0.5) is 10.8 Å². The lowest BCUT2D eigenvalue weighted by atomic mass is 10.2. The summed E-state index contributed by atoms with van der Waals surface area (Å²) in [5.41, 5.74) is 2.06. The second-order valence-corrected chi connectivity index (χ2v) is 11.4. The Morgan fingerprint density at radius 1 is 1.21 bits per heavy atom. The minimum atomic E-state index is -3.59. The van der Waals surface area contributed by atoms with Gasteiger partial charge in [0.1, 0.15) is 10.3 Å². The second kappa shape index (κ2) is 10.5. The molecule has 4 heterocycles. The van der Waals surface area contributed by atoms with E-state index in [4.69, 9.17) is 11.6 Å². The summed E-state index contributed by atoms with van der Waals surface area (Å²) in [7, 11) is -1.50. The molecule has 3 aromatic heterocycles. The van der Waals surface area contributed by atoms with E-state index >= 15 is 0 Å². The molecule has 0 radical (unpaired) electrons. The molecule has 0 spiro atoms. The van der Waals surface area contributed by atoms with Crippen molar-refractivity contribution >= 4 is 60.0 Å². The molecule has 0 bridgehead atoms. The average molecular weight is 524 g/mol. The summed E-state index contributed by atoms with van der Waals surface area (Å²) in [4.78, 5) is 29.5. The summed E-state index contributed by atoms with van der Waals surface area (Å²) < 4.78 is 27.9. The van der Waals surface area contributed by atoms with Gasteiger partial charge in [-0.3, -0.25) is 9.52 Å². The van der Waals surface area contributed by atoms with E-state index in [9.17, 15) is 13.2 Å². The molecule has 13 heteroatoms. The normalized spacial score (nSPS) is 15.5. The number of rotatable bonds is 8. The molecule has 1 fully saturated rings. The fourth-order valence-corrected chi connectivity index (χ4v) is 5.80. The maximum absolute atomic E-state index is 12.7. The summed E-state index contributed by atoms with van der Waals surface area (Å²) in [5.74, 6) is -0.210. The molecular formula is C21H26ClN7O3S2. The van der Waals surface area contributed by atoms with Crippen LogP contribution in [0.5, 0.6) is 0 Å². The number of halogens is 1. The summed E-state index contributed by atoms with van der Waals surface area (Å²) in [6.07, 6.45) is 2.07. The highest BCUT2D eigenvalue weighted by atomic mass is 35.5. The Hall–Kier alpha value is -2.38. The van der Waals surface area contributed by atoms with E-state index in [-0.39, 0.29) is 22.5 Å². The van der Waals surface area contributed by atoms with Crippen LogP contribution < -0.4 is 10.0 Å². The fourth-order valence-electron chi connectivity index (χ4n) is 3.61. The number of amides is 1. The molecule has 0 saturated carbocycles. The van der Waals surface area contributed by atoms with Gasteiger partial charge in [0.25, 0.3) is 0 Å². The van der Waals surface area contributed by atoms with Gasteiger partial charge in [-0.2, -0.15) is 0 Å². The third-order valence-electron chi connectivity index (χ3n) is 5.42. The van der Waals surface area contributed by atoms with Gasteiger partial charge in [0.15, 0.2) is 10.3 Å². The third-order valence-corrected chi connectivity index (χ3v) is 7.96. The molecule has 0 aromatic carbocycles. The quantitative estimate of drug-likeness (QED) is 0.432. The van der Waals surface area contributed by atoms with E-state index in [1.165, 1.54) is 24.5 Å². The van der Waals surface area contributed by atoms with Gasteiger partial charge < -0.3 is 15.1 Å². The molecule has 10 nitrogen and oxygen atoms in total. The number of carbonyl (C=O) groups excluding carboxylic acids is 1. The molecule has 1 saturated heterocycles. The van der Waals surface area contributed by atoms with E-state index in [1.807, 2.05) is 0 Å². The predicted octanol–water partition coefficient (Wildman–Crippen LogP) is 2.74. The standard InChI is InChI=1S/C21H26ClN7O3S2/c1-14(30)24-21-26-17-5-4-16(25-20(17)33-21)15-12-18(19(22)23-13-15)27-34(31,32)11-3-6-29-9-7-28(2)8-10-29/h4-5,12-13,27H,3,6-11H2,1-2H3,(H,24,26,30). The summed E-state index contributed by atoms with van der Waals surface area (Å²) >= 11 is 7.44. The van der Waals surface area contributed by atoms with Crippen LogP contribution in [-0.2, 0) is 14.8 Å². The van der Waals surface area contributed by atoms with Gasteiger partial charge >= 0.3 is 0 Å². The number of anilines is 2. The lowest BCUT2D eigenvalue weighted by Gasteiger charge is -2.32. The van der Waals surface area contributed by atoms with Crippen LogP contribution in [-0.4, -0.2) is 84.6 Å². The van der Waals surface area contributed by atoms with E-state index in [2.05, 4.69) is 41.8 Å². The maximum Gasteiger partial charge on any atom is 0.232 e. The van der Waals surface area contributed by atoms with Crippen LogP contribution in [0.2, 0.25) is 5.15 Å². The van der Waals surface area contributed by atoms with Crippen molar-refractivity contribution in [3.8, 4) is 11.3 Å². The van der Waals surface area contributed by atoms with E-state index in [0.29, 0.717) is 33.2 Å². The van der Waals surface area contributed by atoms with Gasteiger partial charge in [-0.25, -0.2) is 23.4 Å². The van der Waals surface area contributed by atoms with Crippen LogP contribution in [0.15, 0.2) is 24.4 Å². The number of aromatic nitrogens is 3. The van der Waals surface area contributed by atoms with Crippen molar-refractivity contribution in [1.82, 2.24) is 24.8 Å². The van der Waals surface area contributed by atoms with Gasteiger partial charge in [-0.1, -0.05) is 22.9 Å². The number of fused-ring (bicyclic) bond motifs is 1. The minimum Gasteiger partial charge on any atom is -0.304 e. The van der Waals surface area contributed by atoms with Gasteiger partial charge in [-0.05, 0) is 38.2 Å². The van der Waals surface area contributed by atoms with E-state index in [0.717, 1.165) is 32.7 Å². The Kier molecular flexibility index (Phi) is 7.63. The first-order chi connectivity index (χ1) is 16.2. The molecular weight excluding hydrogens is 498 g/mol. The second-order valence-electron chi connectivity index (χ2n) is 8.20. The number of likely N-dealkylation sites (N-methyl/N-ethyl adjacent to an activating group) is 1. The van der Waals surface area contributed by atoms with Crippen LogP contribution in [0.25, 0.3) is 21.6 Å². The maximum atomic E-state index is 12.7. The Bertz CT molecular complexity index is 1290. The van der Waals surface area contributed by atoms with Gasteiger partial charge in [0, 0.05) is 44.9 Å². The number of nitrogens with zero attached hydrogens (tertiary/aromatic N) is 5. The van der Waals surface area contributed by atoms with Crippen molar-refractivity contribution in [2.45, 2.75) is 13.3 Å². The number of thiazole rings is 1. The first-order valence-electron chi connectivity index (χ1n) is 10.8. The molecule has 0 aliphatic carbocycles. The van der Waals surface area contributed by atoms with Crippen LogP contribution in [0, 0.1) is 0 Å². The molecule has 1 aliphatic rings. The van der Waals surface area contributed by atoms with Gasteiger partial charge in [-0.15, -0.1) is 0 Å². The molecule has 1 aliphatic heterocycles. The topological polar surface area (TPSA) is 120 Å². The van der Waals surface area contributed by atoms with E-state index < -0.39 is 10.0 Å². The molecule has 0 atom stereocenters. The number of hydrogen-bond acceptors (Lipinski definition) is 9. The summed E-state index contributed by atoms with van der Waals surface area (Å²) in [5, 5.41) is 3.18. The third kappa shape index (κ3) is 6.39. The highest BCUT2D eigenvalue weighted by Gasteiger charge is 2.18. The fraction of sp³-hybridized carbons (Fsp3) is 0.429. The number of carbonyl (C=O) groups is 1. The lowest BCUT2D eigenvalue weighted by molar-refractivity contribution is -0.114. The zero-order valence-electron chi connectivity index (χ0n) is 18.9. The van der Waals surface area contributed by atoms with E-state index in [1.54, 1.807) is 18.2 Å². The Morgan fingerprint density at radius 2 is 1.97 bits per heavy atom. The van der Waals surface area contributed by atoms with Crippen LogP contribution in [0.1, 0.15) is 13.3 Å². The molecule has 34 heavy (non-hydrogen) atoms. The highest BCUT2D eigenvalue weighted by Crippen LogP contribution is 2.30. The number of hydrogen-bond donors (Lipinski definition) is 2. The first-order valence-corrected chi connectivity index (χ1v) is 13.7. The lowest BCUT2D eigenvalue weighted by Crippen LogP contribution is -2.45.